The number of amides is 2. The lowest BCUT2D eigenvalue weighted by Gasteiger charge is -2.34. The molecule has 0 spiro atoms. The Morgan fingerprint density at radius 1 is 1.29 bits per heavy atom. The molecule has 0 radical (unpaired) electrons. The molecule has 0 saturated carbocycles. The number of halogens is 3. The second-order valence-corrected chi connectivity index (χ2v) is 7.60. The summed E-state index contributed by atoms with van der Waals surface area (Å²) in [6, 6.07) is 2.74. The average Bonchev–Trinajstić information content (AvgIpc) is 2.83. The fourth-order valence-electron chi connectivity index (χ4n) is 3.46. The van der Waals surface area contributed by atoms with Crippen LogP contribution in [0.15, 0.2) is 35.9 Å². The number of hydrogen-bond acceptors (Lipinski definition) is 4. The first-order chi connectivity index (χ1) is 14.4. The van der Waals surface area contributed by atoms with Crippen LogP contribution in [0.3, 0.4) is 0 Å². The Balaban J connectivity index is 2.40. The molecule has 1 aromatic carbocycles. The lowest BCUT2D eigenvalue weighted by molar-refractivity contribution is -0.149. The van der Waals surface area contributed by atoms with E-state index in [1.54, 1.807) is 7.05 Å². The minimum atomic E-state index is -4.49. The molecular formula is C21H26F3N3O4. The second-order valence-electron chi connectivity index (χ2n) is 7.60. The van der Waals surface area contributed by atoms with E-state index < -0.39 is 42.2 Å². The molecule has 0 aromatic heterocycles. The summed E-state index contributed by atoms with van der Waals surface area (Å²) in [4.78, 5) is 39.6. The molecule has 2 N–H and O–H groups in total. The predicted octanol–water partition coefficient (Wildman–Crippen LogP) is 1.93. The Morgan fingerprint density at radius 3 is 2.42 bits per heavy atom. The molecule has 0 fully saturated rings. The normalized spacial score (nSPS) is 18.3. The van der Waals surface area contributed by atoms with E-state index in [4.69, 9.17) is 5.11 Å². The third-order valence-corrected chi connectivity index (χ3v) is 5.17. The molecule has 0 unspecified atom stereocenters. The number of carboxylic acid groups (broad SMARTS) is 1. The standard InChI is InChI=1S/C21H26F3N3O4/c1-13-4-9-16(25-2)19(30)27(11-13)17(20(31)26(3)12-18(28)29)10-14-5-7-15(8-6-14)21(22,23)24/h4-8,16-17,25H,9-12H2,1-3H3,(H,28,29)/t16-,17-/m0/s1. The molecule has 1 aliphatic heterocycles. The fourth-order valence-corrected chi connectivity index (χ4v) is 3.46. The van der Waals surface area contributed by atoms with Crippen LogP contribution in [0.25, 0.3) is 0 Å². The number of nitrogens with one attached hydrogen (secondary N) is 1. The molecular weight excluding hydrogens is 415 g/mol. The monoisotopic (exact) mass is 441 g/mol. The molecule has 2 amide bonds. The number of carboxylic acids is 1. The van der Waals surface area contributed by atoms with Crippen LogP contribution < -0.4 is 5.32 Å². The number of alkyl halides is 3. The highest BCUT2D eigenvalue weighted by Gasteiger charge is 2.36. The molecule has 2 atom stereocenters. The number of rotatable bonds is 7. The number of carbonyl (C=O) groups is 3. The summed E-state index contributed by atoms with van der Waals surface area (Å²) in [6.07, 6.45) is -2.21. The third-order valence-electron chi connectivity index (χ3n) is 5.17. The Hall–Kier alpha value is -2.88. The molecule has 1 aliphatic rings. The van der Waals surface area contributed by atoms with Gasteiger partial charge in [0.2, 0.25) is 11.8 Å². The van der Waals surface area contributed by atoms with Crippen molar-refractivity contribution in [1.29, 1.82) is 0 Å². The number of carbonyl (C=O) groups excluding carboxylic acids is 2. The smallest absolute Gasteiger partial charge is 0.416 e. The van der Waals surface area contributed by atoms with E-state index in [1.165, 1.54) is 24.1 Å². The van der Waals surface area contributed by atoms with Crippen LogP contribution in [0.1, 0.15) is 24.5 Å². The van der Waals surface area contributed by atoms with Crippen LogP contribution in [0.2, 0.25) is 0 Å². The van der Waals surface area contributed by atoms with Gasteiger partial charge in [0.05, 0.1) is 11.6 Å². The van der Waals surface area contributed by atoms with Crippen LogP contribution in [-0.2, 0) is 27.0 Å². The lowest BCUT2D eigenvalue weighted by Crippen LogP contribution is -2.55. The van der Waals surface area contributed by atoms with Gasteiger partial charge in [0, 0.05) is 20.0 Å². The van der Waals surface area contributed by atoms with E-state index in [1.807, 2.05) is 13.0 Å². The highest BCUT2D eigenvalue weighted by molar-refractivity contribution is 5.91. The predicted molar refractivity (Wildman–Crippen MR) is 107 cm³/mol. The summed E-state index contributed by atoms with van der Waals surface area (Å²) >= 11 is 0. The molecule has 1 aromatic rings. The molecule has 10 heteroatoms. The van der Waals surface area contributed by atoms with Crippen molar-refractivity contribution in [2.75, 3.05) is 27.2 Å². The largest absolute Gasteiger partial charge is 0.480 e. The Kier molecular flexibility index (Phi) is 7.83. The summed E-state index contributed by atoms with van der Waals surface area (Å²) in [5.41, 5.74) is 0.467. The summed E-state index contributed by atoms with van der Waals surface area (Å²) in [6.45, 7) is 1.42. The summed E-state index contributed by atoms with van der Waals surface area (Å²) in [7, 11) is 2.94. The van der Waals surface area contributed by atoms with Gasteiger partial charge in [0.1, 0.15) is 12.6 Å². The van der Waals surface area contributed by atoms with Crippen molar-refractivity contribution in [1.82, 2.24) is 15.1 Å². The molecule has 0 bridgehead atoms. The van der Waals surface area contributed by atoms with Crippen molar-refractivity contribution in [3.05, 3.63) is 47.0 Å². The van der Waals surface area contributed by atoms with Crippen molar-refractivity contribution >= 4 is 17.8 Å². The summed E-state index contributed by atoms with van der Waals surface area (Å²) < 4.78 is 38.6. The van der Waals surface area contributed by atoms with Gasteiger partial charge in [-0.25, -0.2) is 0 Å². The average molecular weight is 441 g/mol. The maximum atomic E-state index is 13.1. The lowest BCUT2D eigenvalue weighted by atomic mass is 10.0. The first-order valence-corrected chi connectivity index (χ1v) is 9.70. The van der Waals surface area contributed by atoms with E-state index in [2.05, 4.69) is 5.32 Å². The van der Waals surface area contributed by atoms with E-state index >= 15 is 0 Å². The van der Waals surface area contributed by atoms with E-state index in [0.29, 0.717) is 12.0 Å². The van der Waals surface area contributed by atoms with Crippen molar-refractivity contribution in [3.63, 3.8) is 0 Å². The first kappa shape index (κ1) is 24.4. The molecule has 0 aliphatic carbocycles. The van der Waals surface area contributed by atoms with Crippen LogP contribution in [0, 0.1) is 0 Å². The van der Waals surface area contributed by atoms with Crippen LogP contribution in [0.4, 0.5) is 13.2 Å². The van der Waals surface area contributed by atoms with Gasteiger partial charge in [-0.1, -0.05) is 23.8 Å². The third kappa shape index (κ3) is 6.30. The zero-order valence-electron chi connectivity index (χ0n) is 17.6. The first-order valence-electron chi connectivity index (χ1n) is 9.70. The van der Waals surface area contributed by atoms with Crippen LogP contribution in [0.5, 0.6) is 0 Å². The number of likely N-dealkylation sites (N-methyl/N-ethyl adjacent to an activating group) is 2. The number of nitrogens with zero attached hydrogens (tertiary/aromatic N) is 2. The minimum Gasteiger partial charge on any atom is -0.480 e. The Morgan fingerprint density at radius 2 is 1.90 bits per heavy atom. The summed E-state index contributed by atoms with van der Waals surface area (Å²) in [5, 5.41) is 11.9. The maximum absolute atomic E-state index is 13.1. The topological polar surface area (TPSA) is 90.0 Å². The van der Waals surface area contributed by atoms with Crippen molar-refractivity contribution < 1.29 is 32.7 Å². The van der Waals surface area contributed by atoms with Gasteiger partial charge in [-0.05, 0) is 38.1 Å². The zero-order valence-corrected chi connectivity index (χ0v) is 17.6. The van der Waals surface area contributed by atoms with Crippen LogP contribution >= 0.6 is 0 Å². The zero-order chi connectivity index (χ0) is 23.3. The van der Waals surface area contributed by atoms with Crippen LogP contribution in [-0.4, -0.2) is 72.0 Å². The number of hydrogen-bond donors (Lipinski definition) is 2. The van der Waals surface area contributed by atoms with Gasteiger partial charge in [-0.2, -0.15) is 13.2 Å². The fraction of sp³-hybridized carbons (Fsp3) is 0.476. The SMILES string of the molecule is CN[C@H]1CC=C(C)CN([C@@H](Cc2ccc(C(F)(F)F)cc2)C(=O)N(C)CC(=O)O)C1=O. The Bertz CT molecular complexity index is 852. The van der Waals surface area contributed by atoms with Gasteiger partial charge in [-0.3, -0.25) is 14.4 Å². The highest BCUT2D eigenvalue weighted by Crippen LogP contribution is 2.29. The molecule has 7 nitrogen and oxygen atoms in total. The van der Waals surface area contributed by atoms with E-state index in [0.717, 1.165) is 22.6 Å². The second kappa shape index (κ2) is 9.95. The number of benzene rings is 1. The highest BCUT2D eigenvalue weighted by atomic mass is 19.4. The molecule has 1 heterocycles. The minimum absolute atomic E-state index is 0.0453. The molecule has 170 valence electrons. The Labute approximate surface area is 178 Å². The van der Waals surface area contributed by atoms with Crippen molar-refractivity contribution in [3.8, 4) is 0 Å². The van der Waals surface area contributed by atoms with Gasteiger partial charge < -0.3 is 20.2 Å². The molecule has 31 heavy (non-hydrogen) atoms. The van der Waals surface area contributed by atoms with E-state index in [9.17, 15) is 27.6 Å². The summed E-state index contributed by atoms with van der Waals surface area (Å²) in [5.74, 6) is -2.14. The quantitative estimate of drug-likeness (QED) is 0.631. The van der Waals surface area contributed by atoms with Gasteiger partial charge in [-0.15, -0.1) is 0 Å². The maximum Gasteiger partial charge on any atom is 0.416 e. The number of aliphatic carboxylic acids is 1. The molecule has 2 rings (SSSR count). The van der Waals surface area contributed by atoms with Gasteiger partial charge >= 0.3 is 12.1 Å². The van der Waals surface area contributed by atoms with Gasteiger partial charge in [0.15, 0.2) is 0 Å². The van der Waals surface area contributed by atoms with Crippen molar-refractivity contribution in [2.24, 2.45) is 0 Å². The van der Waals surface area contributed by atoms with Crippen molar-refractivity contribution in [2.45, 2.75) is 38.0 Å². The van der Waals surface area contributed by atoms with Gasteiger partial charge in [0.25, 0.3) is 0 Å². The molecule has 0 saturated heterocycles. The van der Waals surface area contributed by atoms with E-state index in [-0.39, 0.29) is 18.9 Å².